The van der Waals surface area contributed by atoms with Gasteiger partial charge in [-0.05, 0) is 85.8 Å². The van der Waals surface area contributed by atoms with Crippen LogP contribution in [0.3, 0.4) is 0 Å². The van der Waals surface area contributed by atoms with E-state index in [9.17, 15) is 9.59 Å². The van der Waals surface area contributed by atoms with Crippen molar-refractivity contribution in [2.45, 2.75) is 32.6 Å². The molecule has 0 atom stereocenters. The molecule has 1 saturated heterocycles. The van der Waals surface area contributed by atoms with Gasteiger partial charge in [0.05, 0.1) is 11.2 Å². The SMILES string of the molecule is Cc1cccc(N2CCN(C(=O)c3ccc4nc(-c5ccc(Cl)cc5)c(CCCCC(=O)O)cc4c3)CC2)c1. The Kier molecular flexibility index (Phi) is 8.13. The molecule has 1 fully saturated rings. The van der Waals surface area contributed by atoms with Crippen LogP contribution in [-0.4, -0.2) is 53.0 Å². The summed E-state index contributed by atoms with van der Waals surface area (Å²) in [4.78, 5) is 33.6. The summed E-state index contributed by atoms with van der Waals surface area (Å²) in [6.45, 7) is 5.04. The molecule has 0 unspecified atom stereocenters. The average Bonchev–Trinajstić information content (AvgIpc) is 2.94. The first kappa shape index (κ1) is 26.7. The first-order chi connectivity index (χ1) is 18.9. The second kappa shape index (κ2) is 11.9. The van der Waals surface area contributed by atoms with E-state index >= 15 is 0 Å². The highest BCUT2D eigenvalue weighted by Crippen LogP contribution is 2.29. The van der Waals surface area contributed by atoms with E-state index in [2.05, 4.69) is 42.2 Å². The van der Waals surface area contributed by atoms with Crippen LogP contribution in [0.5, 0.6) is 0 Å². The maximum Gasteiger partial charge on any atom is 0.303 e. The lowest BCUT2D eigenvalue weighted by Gasteiger charge is -2.36. The van der Waals surface area contributed by atoms with E-state index in [0.717, 1.165) is 47.2 Å². The number of anilines is 1. The molecule has 200 valence electrons. The van der Waals surface area contributed by atoms with E-state index < -0.39 is 5.97 Å². The molecular formula is C32H32ClN3O3. The maximum absolute atomic E-state index is 13.4. The van der Waals surface area contributed by atoms with Gasteiger partial charge in [-0.3, -0.25) is 9.59 Å². The fourth-order valence-electron chi connectivity index (χ4n) is 5.17. The molecule has 39 heavy (non-hydrogen) atoms. The number of aryl methyl sites for hydroxylation is 2. The van der Waals surface area contributed by atoms with E-state index in [1.807, 2.05) is 47.4 Å². The number of carboxylic acids is 1. The number of benzene rings is 3. The molecule has 0 bridgehead atoms. The van der Waals surface area contributed by atoms with Crippen LogP contribution in [0.4, 0.5) is 5.69 Å². The Morgan fingerprint density at radius 3 is 2.41 bits per heavy atom. The zero-order valence-corrected chi connectivity index (χ0v) is 22.8. The van der Waals surface area contributed by atoms with Crippen LogP contribution < -0.4 is 4.90 Å². The molecule has 0 radical (unpaired) electrons. The monoisotopic (exact) mass is 541 g/mol. The Bertz CT molecular complexity index is 1490. The van der Waals surface area contributed by atoms with E-state index in [0.29, 0.717) is 36.5 Å². The number of rotatable bonds is 8. The average molecular weight is 542 g/mol. The number of carbonyl (C=O) groups excluding carboxylic acids is 1. The molecule has 7 heteroatoms. The van der Waals surface area contributed by atoms with Crippen LogP contribution in [-0.2, 0) is 11.2 Å². The maximum atomic E-state index is 13.4. The predicted octanol–water partition coefficient (Wildman–Crippen LogP) is 6.62. The van der Waals surface area contributed by atoms with Crippen molar-refractivity contribution in [2.24, 2.45) is 0 Å². The van der Waals surface area contributed by atoms with Gasteiger partial charge in [0.15, 0.2) is 0 Å². The van der Waals surface area contributed by atoms with E-state index in [-0.39, 0.29) is 12.3 Å². The zero-order chi connectivity index (χ0) is 27.4. The molecule has 1 aliphatic heterocycles. The summed E-state index contributed by atoms with van der Waals surface area (Å²) in [5, 5.41) is 10.6. The molecule has 1 aromatic heterocycles. The summed E-state index contributed by atoms with van der Waals surface area (Å²) in [6, 6.07) is 23.9. The van der Waals surface area contributed by atoms with Gasteiger partial charge in [0.1, 0.15) is 0 Å². The van der Waals surface area contributed by atoms with Gasteiger partial charge < -0.3 is 14.9 Å². The molecule has 4 aromatic rings. The van der Waals surface area contributed by atoms with Crippen LogP contribution in [0, 0.1) is 6.92 Å². The molecule has 2 heterocycles. The van der Waals surface area contributed by atoms with Gasteiger partial charge in [-0.25, -0.2) is 4.98 Å². The number of aromatic nitrogens is 1. The molecule has 0 spiro atoms. The van der Waals surface area contributed by atoms with Gasteiger partial charge in [-0.2, -0.15) is 0 Å². The lowest BCUT2D eigenvalue weighted by atomic mass is 9.98. The van der Waals surface area contributed by atoms with Gasteiger partial charge in [-0.15, -0.1) is 0 Å². The third-order valence-electron chi connectivity index (χ3n) is 7.28. The molecule has 5 rings (SSSR count). The highest BCUT2D eigenvalue weighted by atomic mass is 35.5. The Morgan fingerprint density at radius 2 is 1.69 bits per heavy atom. The number of piperazine rings is 1. The largest absolute Gasteiger partial charge is 0.481 e. The van der Waals surface area contributed by atoms with E-state index in [1.54, 1.807) is 0 Å². The number of carbonyl (C=O) groups is 2. The normalized spacial score (nSPS) is 13.6. The van der Waals surface area contributed by atoms with Crippen LogP contribution in [0.2, 0.25) is 5.02 Å². The van der Waals surface area contributed by atoms with Crippen molar-refractivity contribution in [3.05, 3.63) is 94.5 Å². The number of halogens is 1. The number of nitrogens with zero attached hydrogens (tertiary/aromatic N) is 3. The third kappa shape index (κ3) is 6.40. The molecule has 0 aliphatic carbocycles. The van der Waals surface area contributed by atoms with Crippen molar-refractivity contribution in [1.82, 2.24) is 9.88 Å². The van der Waals surface area contributed by atoms with Crippen molar-refractivity contribution < 1.29 is 14.7 Å². The van der Waals surface area contributed by atoms with Gasteiger partial charge >= 0.3 is 5.97 Å². The highest BCUT2D eigenvalue weighted by molar-refractivity contribution is 6.30. The topological polar surface area (TPSA) is 73.7 Å². The molecule has 1 amide bonds. The summed E-state index contributed by atoms with van der Waals surface area (Å²) in [5.74, 6) is -0.752. The number of carboxylic acid groups (broad SMARTS) is 1. The van der Waals surface area contributed by atoms with E-state index in [1.165, 1.54) is 11.3 Å². The van der Waals surface area contributed by atoms with Crippen LogP contribution in [0.1, 0.15) is 40.7 Å². The Labute approximate surface area is 233 Å². The molecule has 0 saturated carbocycles. The predicted molar refractivity (Wildman–Crippen MR) is 157 cm³/mol. The smallest absolute Gasteiger partial charge is 0.303 e. The van der Waals surface area contributed by atoms with Crippen LogP contribution >= 0.6 is 11.6 Å². The Hall–Kier alpha value is -3.90. The first-order valence-corrected chi connectivity index (χ1v) is 13.8. The summed E-state index contributed by atoms with van der Waals surface area (Å²) >= 11 is 6.11. The third-order valence-corrected chi connectivity index (χ3v) is 7.53. The van der Waals surface area contributed by atoms with Crippen molar-refractivity contribution in [3.8, 4) is 11.3 Å². The van der Waals surface area contributed by atoms with E-state index in [4.69, 9.17) is 21.7 Å². The minimum absolute atomic E-state index is 0.0329. The number of fused-ring (bicyclic) bond motifs is 1. The molecule has 1 aliphatic rings. The number of pyridine rings is 1. The summed E-state index contributed by atoms with van der Waals surface area (Å²) in [6.07, 6.45) is 2.19. The van der Waals surface area contributed by atoms with Crippen molar-refractivity contribution in [1.29, 1.82) is 0 Å². The zero-order valence-electron chi connectivity index (χ0n) is 22.1. The summed E-state index contributed by atoms with van der Waals surface area (Å²) < 4.78 is 0. The van der Waals surface area contributed by atoms with Gasteiger partial charge in [-0.1, -0.05) is 35.9 Å². The standard InChI is InChI=1S/C32H32ClN3O3/c1-22-5-4-7-28(19-22)35-15-17-36(18-16-35)32(39)25-11-14-29-26(21-25)20-24(6-2-3-8-30(37)38)31(34-29)23-9-12-27(33)13-10-23/h4-5,7,9-14,19-21H,2-3,6,8,15-18H2,1H3,(H,37,38). The van der Waals surface area contributed by atoms with Gasteiger partial charge in [0.2, 0.25) is 0 Å². The number of unbranched alkanes of at least 4 members (excludes halogenated alkanes) is 1. The van der Waals surface area contributed by atoms with Crippen LogP contribution in [0.15, 0.2) is 72.8 Å². The molecule has 1 N–H and O–H groups in total. The lowest BCUT2D eigenvalue weighted by molar-refractivity contribution is -0.137. The second-order valence-corrected chi connectivity index (χ2v) is 10.6. The molecule has 6 nitrogen and oxygen atoms in total. The van der Waals surface area contributed by atoms with Crippen LogP contribution in [0.25, 0.3) is 22.2 Å². The van der Waals surface area contributed by atoms with Gasteiger partial charge in [0, 0.05) is 59.8 Å². The number of amides is 1. The Morgan fingerprint density at radius 1 is 0.923 bits per heavy atom. The fourth-order valence-corrected chi connectivity index (χ4v) is 5.29. The lowest BCUT2D eigenvalue weighted by Crippen LogP contribution is -2.48. The highest BCUT2D eigenvalue weighted by Gasteiger charge is 2.23. The van der Waals surface area contributed by atoms with Crippen molar-refractivity contribution in [3.63, 3.8) is 0 Å². The fraction of sp³-hybridized carbons (Fsp3) is 0.281. The molecular weight excluding hydrogens is 510 g/mol. The van der Waals surface area contributed by atoms with Crippen molar-refractivity contribution in [2.75, 3.05) is 31.1 Å². The quantitative estimate of drug-likeness (QED) is 0.254. The first-order valence-electron chi connectivity index (χ1n) is 13.4. The minimum Gasteiger partial charge on any atom is -0.481 e. The Balaban J connectivity index is 1.36. The number of hydrogen-bond acceptors (Lipinski definition) is 4. The summed E-state index contributed by atoms with van der Waals surface area (Å²) in [5.41, 5.74) is 6.76. The molecule has 3 aromatic carbocycles. The van der Waals surface area contributed by atoms with Crippen molar-refractivity contribution >= 4 is 40.1 Å². The second-order valence-electron chi connectivity index (χ2n) is 10.1. The minimum atomic E-state index is -0.785. The number of aliphatic carboxylic acids is 1. The summed E-state index contributed by atoms with van der Waals surface area (Å²) in [7, 11) is 0. The van der Waals surface area contributed by atoms with Gasteiger partial charge in [0.25, 0.3) is 5.91 Å². The number of hydrogen-bond donors (Lipinski definition) is 1.